The lowest BCUT2D eigenvalue weighted by Gasteiger charge is -2.11. The second-order valence-electron chi connectivity index (χ2n) is 8.07. The summed E-state index contributed by atoms with van der Waals surface area (Å²) in [6, 6.07) is 20.9. The van der Waals surface area contributed by atoms with Crippen LogP contribution in [-0.2, 0) is 4.79 Å². The molecule has 1 heterocycles. The Hall–Kier alpha value is -3.82. The van der Waals surface area contributed by atoms with Crippen LogP contribution >= 0.6 is 23.4 Å². The third-order valence-corrected chi connectivity index (χ3v) is 6.69. The summed E-state index contributed by atoms with van der Waals surface area (Å²) in [6.07, 6.45) is 0. The highest BCUT2D eigenvalue weighted by Gasteiger charge is 2.17. The molecule has 0 fully saturated rings. The molecule has 1 aromatic heterocycles. The number of aryl methyl sites for hydroxylation is 1. The summed E-state index contributed by atoms with van der Waals surface area (Å²) >= 11 is 7.37. The zero-order valence-corrected chi connectivity index (χ0v) is 22.4. The molecule has 8 nitrogen and oxygen atoms in total. The van der Waals surface area contributed by atoms with Crippen LogP contribution in [0.5, 0.6) is 11.5 Å². The summed E-state index contributed by atoms with van der Waals surface area (Å²) in [4.78, 5) is 12.6. The Morgan fingerprint density at radius 1 is 1.00 bits per heavy atom. The summed E-state index contributed by atoms with van der Waals surface area (Å²) < 4.78 is 12.5. The molecule has 0 aliphatic rings. The topological polar surface area (TPSA) is 90.6 Å². The van der Waals surface area contributed by atoms with Crippen LogP contribution < -0.4 is 14.9 Å². The van der Waals surface area contributed by atoms with Crippen molar-refractivity contribution in [2.45, 2.75) is 19.0 Å². The van der Waals surface area contributed by atoms with E-state index in [1.165, 1.54) is 11.8 Å². The van der Waals surface area contributed by atoms with Crippen molar-refractivity contribution in [3.05, 3.63) is 82.9 Å². The molecular weight excluding hydrogens is 510 g/mol. The van der Waals surface area contributed by atoms with Crippen molar-refractivity contribution in [2.24, 2.45) is 5.10 Å². The highest BCUT2D eigenvalue weighted by atomic mass is 35.5. The number of hydrogen-bond acceptors (Lipinski definition) is 7. The normalized spacial score (nSPS) is 11.3. The highest BCUT2D eigenvalue weighted by molar-refractivity contribution is 7.99. The van der Waals surface area contributed by atoms with Crippen molar-refractivity contribution in [3.8, 4) is 28.6 Å². The molecule has 0 atom stereocenters. The number of ether oxygens (including phenoxy) is 2. The maximum Gasteiger partial charge on any atom is 0.250 e. The Bertz CT molecular complexity index is 1420. The van der Waals surface area contributed by atoms with Gasteiger partial charge in [-0.15, -0.1) is 10.2 Å². The minimum atomic E-state index is -0.271. The van der Waals surface area contributed by atoms with Gasteiger partial charge in [-0.05, 0) is 56.3 Å². The molecule has 0 saturated carbocycles. The molecule has 3 aromatic carbocycles. The van der Waals surface area contributed by atoms with Gasteiger partial charge in [0.2, 0.25) is 0 Å². The van der Waals surface area contributed by atoms with Crippen LogP contribution in [0.25, 0.3) is 17.1 Å². The number of aromatic nitrogens is 3. The molecule has 0 bridgehead atoms. The fraction of sp³-hybridized carbons (Fsp3) is 0.185. The number of amides is 1. The molecule has 10 heteroatoms. The second-order valence-corrected chi connectivity index (χ2v) is 9.45. The Kier molecular flexibility index (Phi) is 8.47. The van der Waals surface area contributed by atoms with E-state index in [4.69, 9.17) is 21.1 Å². The first-order chi connectivity index (χ1) is 17.9. The molecule has 0 spiro atoms. The predicted octanol–water partition coefficient (Wildman–Crippen LogP) is 5.55. The average Bonchev–Trinajstić information content (AvgIpc) is 3.34. The fourth-order valence-electron chi connectivity index (χ4n) is 3.51. The van der Waals surface area contributed by atoms with E-state index in [0.717, 1.165) is 22.4 Å². The molecule has 4 aromatic rings. The van der Waals surface area contributed by atoms with Gasteiger partial charge in [-0.2, -0.15) is 5.10 Å². The van der Waals surface area contributed by atoms with E-state index in [-0.39, 0.29) is 11.7 Å². The number of halogens is 1. The Balaban J connectivity index is 1.51. The first-order valence-electron chi connectivity index (χ1n) is 11.4. The smallest absolute Gasteiger partial charge is 0.250 e. The van der Waals surface area contributed by atoms with Crippen LogP contribution in [0.3, 0.4) is 0 Å². The Morgan fingerprint density at radius 2 is 1.70 bits per heavy atom. The number of thioether (sulfide) groups is 1. The number of hydrazone groups is 1. The fourth-order valence-corrected chi connectivity index (χ4v) is 4.38. The lowest BCUT2D eigenvalue weighted by molar-refractivity contribution is -0.118. The van der Waals surface area contributed by atoms with Gasteiger partial charge in [0.25, 0.3) is 5.91 Å². The van der Waals surface area contributed by atoms with Crippen molar-refractivity contribution in [1.82, 2.24) is 20.2 Å². The van der Waals surface area contributed by atoms with Gasteiger partial charge in [0, 0.05) is 21.8 Å². The maximum atomic E-state index is 12.6. The average molecular weight is 536 g/mol. The largest absolute Gasteiger partial charge is 0.493 e. The van der Waals surface area contributed by atoms with Gasteiger partial charge in [-0.25, -0.2) is 5.43 Å². The molecule has 0 unspecified atom stereocenters. The van der Waals surface area contributed by atoms with E-state index in [1.807, 2.05) is 66.1 Å². The van der Waals surface area contributed by atoms with Gasteiger partial charge in [-0.1, -0.05) is 53.2 Å². The Labute approximate surface area is 224 Å². The van der Waals surface area contributed by atoms with E-state index < -0.39 is 0 Å². The molecule has 4 rings (SSSR count). The van der Waals surface area contributed by atoms with Crippen LogP contribution in [0.1, 0.15) is 18.1 Å². The lowest BCUT2D eigenvalue weighted by atomic mass is 10.1. The lowest BCUT2D eigenvalue weighted by Crippen LogP contribution is -2.21. The van der Waals surface area contributed by atoms with Crippen LogP contribution in [0.4, 0.5) is 0 Å². The van der Waals surface area contributed by atoms with Crippen molar-refractivity contribution in [3.63, 3.8) is 0 Å². The van der Waals surface area contributed by atoms with Crippen molar-refractivity contribution in [1.29, 1.82) is 0 Å². The van der Waals surface area contributed by atoms with Gasteiger partial charge < -0.3 is 9.47 Å². The number of carbonyl (C=O) groups is 1. The monoisotopic (exact) mass is 535 g/mol. The highest BCUT2D eigenvalue weighted by Crippen LogP contribution is 2.29. The van der Waals surface area contributed by atoms with E-state index in [1.54, 1.807) is 33.3 Å². The molecule has 0 saturated heterocycles. The number of rotatable bonds is 9. The van der Waals surface area contributed by atoms with Gasteiger partial charge in [0.05, 0.1) is 25.7 Å². The number of nitrogens with one attached hydrogen (secondary N) is 1. The molecule has 0 aliphatic heterocycles. The molecule has 1 amide bonds. The second kappa shape index (κ2) is 11.9. The first-order valence-corrected chi connectivity index (χ1v) is 12.7. The maximum absolute atomic E-state index is 12.6. The van der Waals surface area contributed by atoms with Gasteiger partial charge in [0.15, 0.2) is 22.5 Å². The summed E-state index contributed by atoms with van der Waals surface area (Å²) in [5.74, 6) is 1.71. The summed E-state index contributed by atoms with van der Waals surface area (Å²) in [6.45, 7) is 3.84. The van der Waals surface area contributed by atoms with Gasteiger partial charge in [-0.3, -0.25) is 9.36 Å². The predicted molar refractivity (Wildman–Crippen MR) is 147 cm³/mol. The zero-order chi connectivity index (χ0) is 26.4. The molecule has 0 aliphatic carbocycles. The number of methoxy groups -OCH3 is 2. The van der Waals surface area contributed by atoms with Crippen molar-refractivity contribution < 1.29 is 14.3 Å². The number of nitrogens with zero attached hydrogens (tertiary/aromatic N) is 4. The van der Waals surface area contributed by atoms with E-state index in [0.29, 0.717) is 33.2 Å². The van der Waals surface area contributed by atoms with Crippen LogP contribution in [0.2, 0.25) is 5.02 Å². The number of carbonyl (C=O) groups excluding carboxylic acids is 1. The molecule has 1 N–H and O–H groups in total. The van der Waals surface area contributed by atoms with Crippen molar-refractivity contribution >= 4 is 35.0 Å². The number of benzene rings is 3. The quantitative estimate of drug-likeness (QED) is 0.172. The summed E-state index contributed by atoms with van der Waals surface area (Å²) in [5, 5.41) is 14.2. The van der Waals surface area contributed by atoms with Gasteiger partial charge >= 0.3 is 0 Å². The van der Waals surface area contributed by atoms with Crippen molar-refractivity contribution in [2.75, 3.05) is 20.0 Å². The molecule has 37 heavy (non-hydrogen) atoms. The standard InChI is InChI=1S/C27H26ClN5O3S/c1-17-5-7-19(8-6-17)26-31-32-27(33(26)22-12-10-21(28)11-13-22)37-16-25(34)30-29-18(2)20-9-14-23(35-3)24(15-20)36-4/h5-15H,16H2,1-4H3,(H,30,34)/b29-18+. The minimum absolute atomic E-state index is 0.0995. The molecular formula is C27H26ClN5O3S. The Morgan fingerprint density at radius 3 is 2.38 bits per heavy atom. The van der Waals surface area contributed by atoms with Crippen LogP contribution in [0, 0.1) is 6.92 Å². The molecule has 0 radical (unpaired) electrons. The van der Waals surface area contributed by atoms with Gasteiger partial charge in [0.1, 0.15) is 0 Å². The summed E-state index contributed by atoms with van der Waals surface area (Å²) in [7, 11) is 3.15. The minimum Gasteiger partial charge on any atom is -0.493 e. The molecule has 190 valence electrons. The SMILES string of the molecule is COc1ccc(/C(C)=N/NC(=O)CSc2nnc(-c3ccc(C)cc3)n2-c2ccc(Cl)cc2)cc1OC. The third kappa shape index (κ3) is 6.31. The van der Waals surface area contributed by atoms with Crippen LogP contribution in [0.15, 0.2) is 77.0 Å². The van der Waals surface area contributed by atoms with E-state index in [9.17, 15) is 4.79 Å². The summed E-state index contributed by atoms with van der Waals surface area (Å²) in [5.41, 5.74) is 6.95. The number of hydrogen-bond donors (Lipinski definition) is 1. The van der Waals surface area contributed by atoms with E-state index >= 15 is 0 Å². The van der Waals surface area contributed by atoms with Crippen LogP contribution in [-0.4, -0.2) is 46.4 Å². The first kappa shape index (κ1) is 26.2. The van der Waals surface area contributed by atoms with E-state index in [2.05, 4.69) is 20.7 Å². The third-order valence-electron chi connectivity index (χ3n) is 5.51. The zero-order valence-electron chi connectivity index (χ0n) is 20.9.